The molecule has 0 unspecified atom stereocenters. The summed E-state index contributed by atoms with van der Waals surface area (Å²) < 4.78 is 24.1. The molecule has 0 aromatic heterocycles. The van der Waals surface area contributed by atoms with Gasteiger partial charge in [-0.3, -0.25) is 4.79 Å². The molecule has 0 atom stereocenters. The highest BCUT2D eigenvalue weighted by molar-refractivity contribution is 5.86. The van der Waals surface area contributed by atoms with Crippen LogP contribution in [0, 0.1) is 5.82 Å². The van der Waals surface area contributed by atoms with E-state index in [1.165, 1.54) is 12.1 Å². The summed E-state index contributed by atoms with van der Waals surface area (Å²) in [4.78, 5) is 11.3. The van der Waals surface area contributed by atoms with Crippen LogP contribution in [-0.2, 0) is 10.2 Å². The lowest BCUT2D eigenvalue weighted by Gasteiger charge is -2.23. The molecule has 1 aliphatic carbocycles. The molecule has 2 aliphatic rings. The zero-order valence-corrected chi connectivity index (χ0v) is 9.03. The minimum absolute atomic E-state index is 0.0428. The first-order chi connectivity index (χ1) is 8.15. The predicted octanol–water partition coefficient (Wildman–Crippen LogP) is 1.71. The highest BCUT2D eigenvalue weighted by Gasteiger charge is 2.54. The summed E-state index contributed by atoms with van der Waals surface area (Å²) in [5.41, 5.74) is -0.375. The van der Waals surface area contributed by atoms with Gasteiger partial charge in [-0.25, -0.2) is 4.39 Å². The van der Waals surface area contributed by atoms with E-state index < -0.39 is 17.2 Å². The number of fused-ring (bicyclic) bond motifs is 1. The van der Waals surface area contributed by atoms with Crippen LogP contribution in [0.15, 0.2) is 12.1 Å². The van der Waals surface area contributed by atoms with E-state index in [0.29, 0.717) is 25.0 Å². The number of hydrogen-bond donors (Lipinski definition) is 1. The van der Waals surface area contributed by atoms with E-state index in [2.05, 4.69) is 0 Å². The second kappa shape index (κ2) is 3.35. The Kier molecular flexibility index (Phi) is 2.05. The van der Waals surface area contributed by atoms with Crippen LogP contribution in [0.2, 0.25) is 0 Å². The van der Waals surface area contributed by atoms with Gasteiger partial charge in [-0.15, -0.1) is 0 Å². The standard InChI is InChI=1S/C12H11FO4/c13-8-2-1-7(12(3-4-12)11(14)15)9-10(8)17-6-5-16-9/h1-2H,3-6H2,(H,14,15). The van der Waals surface area contributed by atoms with Gasteiger partial charge in [0.15, 0.2) is 17.3 Å². The topological polar surface area (TPSA) is 55.8 Å². The average Bonchev–Trinajstić information content (AvgIpc) is 3.11. The molecule has 1 fully saturated rings. The maximum absolute atomic E-state index is 13.5. The minimum Gasteiger partial charge on any atom is -0.486 e. The van der Waals surface area contributed by atoms with E-state index >= 15 is 0 Å². The molecule has 1 aromatic rings. The van der Waals surface area contributed by atoms with Gasteiger partial charge in [-0.05, 0) is 18.9 Å². The monoisotopic (exact) mass is 238 g/mol. The first-order valence-electron chi connectivity index (χ1n) is 5.47. The van der Waals surface area contributed by atoms with Crippen LogP contribution in [0.1, 0.15) is 18.4 Å². The van der Waals surface area contributed by atoms with Gasteiger partial charge in [-0.2, -0.15) is 0 Å². The van der Waals surface area contributed by atoms with Crippen LogP contribution in [-0.4, -0.2) is 24.3 Å². The quantitative estimate of drug-likeness (QED) is 0.852. The lowest BCUT2D eigenvalue weighted by Crippen LogP contribution is -2.24. The maximum atomic E-state index is 13.5. The molecule has 4 nitrogen and oxygen atoms in total. The number of carboxylic acids is 1. The molecule has 1 saturated carbocycles. The molecular weight excluding hydrogens is 227 g/mol. The summed E-state index contributed by atoms with van der Waals surface area (Å²) in [7, 11) is 0. The van der Waals surface area contributed by atoms with Crippen LogP contribution in [0.5, 0.6) is 11.5 Å². The van der Waals surface area contributed by atoms with E-state index in [-0.39, 0.29) is 18.1 Å². The van der Waals surface area contributed by atoms with E-state index in [0.717, 1.165) is 0 Å². The average molecular weight is 238 g/mol. The summed E-state index contributed by atoms with van der Waals surface area (Å²) in [6.07, 6.45) is 1.12. The fourth-order valence-corrected chi connectivity index (χ4v) is 2.20. The van der Waals surface area contributed by atoms with Crippen molar-refractivity contribution in [1.82, 2.24) is 0 Å². The zero-order valence-electron chi connectivity index (χ0n) is 9.03. The molecule has 90 valence electrons. The highest BCUT2D eigenvalue weighted by Crippen LogP contribution is 2.54. The maximum Gasteiger partial charge on any atom is 0.314 e. The molecule has 1 heterocycles. The summed E-state index contributed by atoms with van der Waals surface area (Å²) in [5.74, 6) is -1.09. The Labute approximate surface area is 97.0 Å². The first kappa shape index (κ1) is 10.4. The number of halogens is 1. The van der Waals surface area contributed by atoms with Crippen molar-refractivity contribution in [2.75, 3.05) is 13.2 Å². The minimum atomic E-state index is -0.904. The van der Waals surface area contributed by atoms with Gasteiger partial charge in [0.25, 0.3) is 0 Å². The first-order valence-corrected chi connectivity index (χ1v) is 5.47. The van der Waals surface area contributed by atoms with Crippen LogP contribution in [0.25, 0.3) is 0 Å². The SMILES string of the molecule is O=C(O)C1(c2ccc(F)c3c2OCCO3)CC1. The van der Waals surface area contributed by atoms with Gasteiger partial charge in [0.05, 0.1) is 5.41 Å². The fraction of sp³-hybridized carbons (Fsp3) is 0.417. The van der Waals surface area contributed by atoms with Gasteiger partial charge in [-0.1, -0.05) is 6.07 Å². The molecule has 1 N–H and O–H groups in total. The number of benzene rings is 1. The molecule has 0 saturated heterocycles. The van der Waals surface area contributed by atoms with Crippen LogP contribution in [0.3, 0.4) is 0 Å². The van der Waals surface area contributed by atoms with Crippen LogP contribution in [0.4, 0.5) is 4.39 Å². The third-order valence-electron chi connectivity index (χ3n) is 3.32. The molecule has 0 amide bonds. The fourth-order valence-electron chi connectivity index (χ4n) is 2.20. The summed E-state index contributed by atoms with van der Waals surface area (Å²) in [5, 5.41) is 9.24. The molecule has 17 heavy (non-hydrogen) atoms. The smallest absolute Gasteiger partial charge is 0.314 e. The highest BCUT2D eigenvalue weighted by atomic mass is 19.1. The molecule has 1 aliphatic heterocycles. The molecule has 0 spiro atoms. The normalized spacial score (nSPS) is 19.8. The van der Waals surface area contributed by atoms with Crippen molar-refractivity contribution in [3.8, 4) is 11.5 Å². The van der Waals surface area contributed by atoms with Crippen LogP contribution < -0.4 is 9.47 Å². The number of rotatable bonds is 2. The number of carbonyl (C=O) groups is 1. The van der Waals surface area contributed by atoms with Crippen molar-refractivity contribution in [2.45, 2.75) is 18.3 Å². The Balaban J connectivity index is 2.15. The Morgan fingerprint density at radius 2 is 1.88 bits per heavy atom. The Morgan fingerprint density at radius 1 is 1.24 bits per heavy atom. The zero-order chi connectivity index (χ0) is 12.0. The predicted molar refractivity (Wildman–Crippen MR) is 55.9 cm³/mol. The Hall–Kier alpha value is -1.78. The van der Waals surface area contributed by atoms with Gasteiger partial charge in [0.1, 0.15) is 13.2 Å². The Morgan fingerprint density at radius 3 is 2.47 bits per heavy atom. The van der Waals surface area contributed by atoms with E-state index in [4.69, 9.17) is 9.47 Å². The molecule has 5 heteroatoms. The lowest BCUT2D eigenvalue weighted by molar-refractivity contribution is -0.140. The summed E-state index contributed by atoms with van der Waals surface area (Å²) in [6.45, 7) is 0.604. The largest absolute Gasteiger partial charge is 0.486 e. The number of aliphatic carboxylic acids is 1. The van der Waals surface area contributed by atoms with Crippen molar-refractivity contribution in [3.05, 3.63) is 23.5 Å². The molecule has 0 radical (unpaired) electrons. The Bertz CT molecular complexity index is 494. The lowest BCUT2D eigenvalue weighted by atomic mass is 9.94. The van der Waals surface area contributed by atoms with Crippen molar-refractivity contribution < 1.29 is 23.8 Å². The second-order valence-corrected chi connectivity index (χ2v) is 4.34. The van der Waals surface area contributed by atoms with Gasteiger partial charge in [0, 0.05) is 5.56 Å². The van der Waals surface area contributed by atoms with Crippen molar-refractivity contribution in [1.29, 1.82) is 0 Å². The molecule has 0 bridgehead atoms. The van der Waals surface area contributed by atoms with Gasteiger partial charge < -0.3 is 14.6 Å². The summed E-state index contributed by atoms with van der Waals surface area (Å²) in [6, 6.07) is 2.73. The molecular formula is C12H11FO4. The van der Waals surface area contributed by atoms with E-state index in [9.17, 15) is 14.3 Å². The number of ether oxygens (including phenoxy) is 2. The van der Waals surface area contributed by atoms with Crippen LogP contribution >= 0.6 is 0 Å². The third-order valence-corrected chi connectivity index (χ3v) is 3.32. The number of carboxylic acid groups (broad SMARTS) is 1. The van der Waals surface area contributed by atoms with Gasteiger partial charge in [0.2, 0.25) is 0 Å². The summed E-state index contributed by atoms with van der Waals surface area (Å²) >= 11 is 0. The molecule has 1 aromatic carbocycles. The van der Waals surface area contributed by atoms with Crippen molar-refractivity contribution in [2.24, 2.45) is 0 Å². The van der Waals surface area contributed by atoms with E-state index in [1.807, 2.05) is 0 Å². The van der Waals surface area contributed by atoms with Crippen molar-refractivity contribution >= 4 is 5.97 Å². The van der Waals surface area contributed by atoms with Gasteiger partial charge >= 0.3 is 5.97 Å². The molecule has 3 rings (SSSR count). The third kappa shape index (κ3) is 1.38. The van der Waals surface area contributed by atoms with E-state index in [1.54, 1.807) is 0 Å². The van der Waals surface area contributed by atoms with Crippen molar-refractivity contribution in [3.63, 3.8) is 0 Å². The number of hydrogen-bond acceptors (Lipinski definition) is 3. The second-order valence-electron chi connectivity index (χ2n) is 4.34.